The molecule has 0 bridgehead atoms. The van der Waals surface area contributed by atoms with Crippen LogP contribution in [0.1, 0.15) is 79.8 Å². The molecule has 64 heavy (non-hydrogen) atoms. The van der Waals surface area contributed by atoms with Crippen LogP contribution in [0.15, 0.2) is 41.8 Å². The monoisotopic (exact) mass is 898 g/mol. The van der Waals surface area contributed by atoms with Gasteiger partial charge in [0.1, 0.15) is 36.3 Å². The number of amides is 8. The van der Waals surface area contributed by atoms with E-state index in [4.69, 9.17) is 11.5 Å². The fourth-order valence-corrected chi connectivity index (χ4v) is 6.05. The van der Waals surface area contributed by atoms with Gasteiger partial charge in [0.15, 0.2) is 5.96 Å². The van der Waals surface area contributed by atoms with Crippen LogP contribution in [0.3, 0.4) is 0 Å². The summed E-state index contributed by atoms with van der Waals surface area (Å²) in [7, 11) is 0. The average molecular weight is 899 g/mol. The maximum absolute atomic E-state index is 13.6. The SMILES string of the molecule is CC(=O)N[C@@H](C)C(=O)N[C@@H](Cc1cnc[nH]1)C(=O)N[C@@H](CC(C)C)C(=O)NCC(=O)N[C@@H](CC(C)C)C(=O)N[C@@H](C)C(=O)N[C@@H](CCCN=C(N)N)C(=O)Nc1ccc([N+](=O)[O-])cc1. The number of nitrogens with one attached hydrogen (secondary N) is 9. The van der Waals surface area contributed by atoms with Gasteiger partial charge in [0.05, 0.1) is 17.8 Å². The minimum Gasteiger partial charge on any atom is -0.370 e. The van der Waals surface area contributed by atoms with Crippen LogP contribution in [0.4, 0.5) is 11.4 Å². The first kappa shape index (κ1) is 53.0. The lowest BCUT2D eigenvalue weighted by molar-refractivity contribution is -0.384. The predicted octanol–water partition coefficient (Wildman–Crippen LogP) is -1.27. The molecule has 2 rings (SSSR count). The summed E-state index contributed by atoms with van der Waals surface area (Å²) in [6.45, 7) is 10.9. The van der Waals surface area contributed by atoms with E-state index < -0.39 is 95.0 Å². The van der Waals surface area contributed by atoms with Gasteiger partial charge in [-0.15, -0.1) is 0 Å². The number of nitro benzene ring substituents is 1. The van der Waals surface area contributed by atoms with Crippen LogP contribution >= 0.6 is 0 Å². The number of carbonyl (C=O) groups is 8. The molecule has 24 nitrogen and oxygen atoms in total. The number of rotatable bonds is 26. The van der Waals surface area contributed by atoms with Crippen molar-refractivity contribution >= 4 is 64.6 Å². The van der Waals surface area contributed by atoms with Gasteiger partial charge in [-0.2, -0.15) is 0 Å². The van der Waals surface area contributed by atoms with E-state index in [9.17, 15) is 48.5 Å². The number of aromatic nitrogens is 2. The lowest BCUT2D eigenvalue weighted by Gasteiger charge is -2.25. The summed E-state index contributed by atoms with van der Waals surface area (Å²) in [4.78, 5) is 126. The van der Waals surface area contributed by atoms with Crippen molar-refractivity contribution in [1.82, 2.24) is 47.2 Å². The Kier molecular flexibility index (Phi) is 21.8. The second-order valence-corrected chi connectivity index (χ2v) is 16.0. The van der Waals surface area contributed by atoms with Crippen molar-refractivity contribution in [3.05, 3.63) is 52.6 Å². The molecule has 1 heterocycles. The molecule has 0 saturated heterocycles. The molecule has 0 aliphatic rings. The molecule has 352 valence electrons. The Labute approximate surface area is 370 Å². The van der Waals surface area contributed by atoms with Gasteiger partial charge in [0.2, 0.25) is 47.3 Å². The zero-order valence-corrected chi connectivity index (χ0v) is 37.1. The normalized spacial score (nSPS) is 13.7. The van der Waals surface area contributed by atoms with E-state index in [2.05, 4.69) is 57.5 Å². The van der Waals surface area contributed by atoms with Crippen molar-refractivity contribution in [2.24, 2.45) is 28.3 Å². The van der Waals surface area contributed by atoms with Gasteiger partial charge >= 0.3 is 0 Å². The Morgan fingerprint density at radius 1 is 0.719 bits per heavy atom. The summed E-state index contributed by atoms with van der Waals surface area (Å²) < 4.78 is 0. The molecule has 13 N–H and O–H groups in total. The summed E-state index contributed by atoms with van der Waals surface area (Å²) in [5, 5.41) is 31.6. The molecule has 0 saturated carbocycles. The smallest absolute Gasteiger partial charge is 0.269 e. The van der Waals surface area contributed by atoms with Crippen LogP contribution in [-0.2, 0) is 44.8 Å². The number of non-ortho nitro benzene ring substituents is 1. The predicted molar refractivity (Wildman–Crippen MR) is 234 cm³/mol. The van der Waals surface area contributed by atoms with Crippen LogP contribution < -0.4 is 54.0 Å². The van der Waals surface area contributed by atoms with Crippen molar-refractivity contribution in [2.75, 3.05) is 18.4 Å². The second-order valence-electron chi connectivity index (χ2n) is 16.0. The van der Waals surface area contributed by atoms with Crippen molar-refractivity contribution in [3.8, 4) is 0 Å². The van der Waals surface area contributed by atoms with Crippen LogP contribution in [0, 0.1) is 22.0 Å². The lowest BCUT2D eigenvalue weighted by Crippen LogP contribution is -2.58. The highest BCUT2D eigenvalue weighted by Crippen LogP contribution is 2.16. The minimum absolute atomic E-state index is 0.0245. The second kappa shape index (κ2) is 26.4. The van der Waals surface area contributed by atoms with Gasteiger partial charge < -0.3 is 59.0 Å². The van der Waals surface area contributed by atoms with Crippen LogP contribution in [0.25, 0.3) is 0 Å². The quantitative estimate of drug-likeness (QED) is 0.0173. The Morgan fingerprint density at radius 3 is 1.80 bits per heavy atom. The number of nitro groups is 1. The number of H-pyrrole nitrogens is 1. The number of carbonyl (C=O) groups excluding carboxylic acids is 8. The van der Waals surface area contributed by atoms with E-state index in [1.807, 2.05) is 27.7 Å². The first-order chi connectivity index (χ1) is 30.1. The number of nitrogens with two attached hydrogens (primary N) is 2. The Balaban J connectivity index is 2.12. The number of benzene rings is 1. The molecule has 1 aromatic heterocycles. The highest BCUT2D eigenvalue weighted by molar-refractivity contribution is 5.99. The molecule has 0 spiro atoms. The van der Waals surface area contributed by atoms with Gasteiger partial charge in [-0.1, -0.05) is 27.7 Å². The number of guanidine groups is 1. The lowest BCUT2D eigenvalue weighted by atomic mass is 10.0. The van der Waals surface area contributed by atoms with E-state index in [1.165, 1.54) is 57.6 Å². The van der Waals surface area contributed by atoms with Crippen LogP contribution in [0.2, 0.25) is 0 Å². The molecule has 6 atom stereocenters. The first-order valence-electron chi connectivity index (χ1n) is 20.7. The van der Waals surface area contributed by atoms with Gasteiger partial charge in [-0.05, 0) is 63.5 Å². The number of nitrogens with zero attached hydrogens (tertiary/aromatic N) is 3. The van der Waals surface area contributed by atoms with Crippen molar-refractivity contribution in [1.29, 1.82) is 0 Å². The molecule has 8 amide bonds. The zero-order valence-electron chi connectivity index (χ0n) is 37.1. The third kappa shape index (κ3) is 19.7. The van der Waals surface area contributed by atoms with Crippen molar-refractivity contribution in [3.63, 3.8) is 0 Å². The highest BCUT2D eigenvalue weighted by atomic mass is 16.6. The van der Waals surface area contributed by atoms with Gasteiger partial charge in [-0.3, -0.25) is 53.5 Å². The van der Waals surface area contributed by atoms with Crippen molar-refractivity contribution < 1.29 is 43.3 Å². The molecule has 0 aliphatic carbocycles. The largest absolute Gasteiger partial charge is 0.370 e. The van der Waals surface area contributed by atoms with E-state index in [0.29, 0.717) is 5.69 Å². The Hall–Kier alpha value is -7.14. The number of aliphatic imine (C=N–C) groups is 1. The number of anilines is 1. The third-order valence-electron chi connectivity index (χ3n) is 9.22. The molecular weight excluding hydrogens is 837 g/mol. The van der Waals surface area contributed by atoms with E-state index in [0.717, 1.165) is 0 Å². The van der Waals surface area contributed by atoms with E-state index in [-0.39, 0.29) is 67.8 Å². The molecule has 0 unspecified atom stereocenters. The van der Waals surface area contributed by atoms with E-state index >= 15 is 0 Å². The number of hydrogen-bond donors (Lipinski definition) is 11. The van der Waals surface area contributed by atoms with Crippen LogP contribution in [0.5, 0.6) is 0 Å². The summed E-state index contributed by atoms with van der Waals surface area (Å²) in [5.41, 5.74) is 11.3. The van der Waals surface area contributed by atoms with Gasteiger partial charge in [-0.25, -0.2) is 4.98 Å². The third-order valence-corrected chi connectivity index (χ3v) is 9.22. The topological polar surface area (TPSA) is 369 Å². The maximum atomic E-state index is 13.6. The fourth-order valence-electron chi connectivity index (χ4n) is 6.05. The number of hydrogen-bond acceptors (Lipinski definition) is 12. The minimum atomic E-state index is -1.21. The van der Waals surface area contributed by atoms with Gasteiger partial charge in [0.25, 0.3) is 5.69 Å². The number of imidazole rings is 1. The molecule has 24 heteroatoms. The molecule has 0 fully saturated rings. The molecular formula is C40H62N14O10. The summed E-state index contributed by atoms with van der Waals surface area (Å²) >= 11 is 0. The first-order valence-corrected chi connectivity index (χ1v) is 20.7. The standard InChI is InChI=1S/C40H62N14O10/c1-21(2)15-30(53-39(62)32(17-27-18-43-20-46-27)52-34(57)23(5)47-25(7)55)36(59)45-19-33(56)50-31(16-22(3)4)38(61)48-24(6)35(58)51-29(9-8-14-44-40(41)42)37(60)49-26-10-12-28(13-11-26)54(63)64/h10-13,18,20-24,29-32H,8-9,14-17,19H2,1-7H3,(H,43,46)(H,45,59)(H,47,55)(H,48,61)(H,49,60)(H,50,56)(H,51,58)(H,52,57)(H,53,62)(H4,41,42,44)/t23-,24-,29-,30-,31-,32-/m0/s1. The highest BCUT2D eigenvalue weighted by Gasteiger charge is 2.31. The Bertz CT molecular complexity index is 1950. The van der Waals surface area contributed by atoms with Gasteiger partial charge in [0, 0.05) is 49.6 Å². The van der Waals surface area contributed by atoms with E-state index in [1.54, 1.807) is 0 Å². The molecule has 1 aromatic carbocycles. The summed E-state index contributed by atoms with van der Waals surface area (Å²) in [5.74, 6) is -5.77. The summed E-state index contributed by atoms with van der Waals surface area (Å²) in [6.07, 6.45) is 3.47. The zero-order chi connectivity index (χ0) is 48.1. The van der Waals surface area contributed by atoms with Crippen LogP contribution in [-0.4, -0.2) is 117 Å². The molecule has 2 aromatic rings. The summed E-state index contributed by atoms with van der Waals surface area (Å²) in [6, 6.07) is -1.73. The Morgan fingerprint density at radius 2 is 1.27 bits per heavy atom. The average Bonchev–Trinajstić information content (AvgIpc) is 3.72. The maximum Gasteiger partial charge on any atom is 0.269 e. The fraction of sp³-hybridized carbons (Fsp3) is 0.550. The molecule has 0 radical (unpaired) electrons. The number of aromatic amines is 1. The molecule has 0 aliphatic heterocycles. The van der Waals surface area contributed by atoms with Crippen molar-refractivity contribution in [2.45, 2.75) is 117 Å².